The van der Waals surface area contributed by atoms with Crippen LogP contribution in [0.1, 0.15) is 17.2 Å². The largest absolute Gasteiger partial charge is 0.389 e. The normalized spacial score (nSPS) is 16.6. The number of benzene rings is 2. The summed E-state index contributed by atoms with van der Waals surface area (Å²) >= 11 is 0. The zero-order valence-electron chi connectivity index (χ0n) is 14.2. The van der Waals surface area contributed by atoms with Crippen LogP contribution in [0.4, 0.5) is 0 Å². The Morgan fingerprint density at radius 2 is 1.64 bits per heavy atom. The number of hydrogen-bond donors (Lipinski definition) is 2. The lowest BCUT2D eigenvalue weighted by Crippen LogP contribution is -2.50. The number of β-amino-alcohol motifs (C(OH)–C–C–N with tert-alkyl or cyclic N) is 1. The number of aliphatic hydroxyl groups is 1. The third-order valence-electron chi connectivity index (χ3n) is 4.25. The zero-order chi connectivity index (χ0) is 17.5. The number of amides is 1. The number of ether oxygens (including phenoxy) is 1. The third-order valence-corrected chi connectivity index (χ3v) is 4.25. The van der Waals surface area contributed by atoms with Crippen LogP contribution in [-0.2, 0) is 9.53 Å². The average molecular weight is 340 g/mol. The molecular formula is C20H24N2O3. The van der Waals surface area contributed by atoms with Gasteiger partial charge in [-0.3, -0.25) is 9.69 Å². The van der Waals surface area contributed by atoms with Crippen molar-refractivity contribution < 1.29 is 14.6 Å². The van der Waals surface area contributed by atoms with E-state index in [0.29, 0.717) is 19.6 Å². The second-order valence-corrected chi connectivity index (χ2v) is 6.27. The minimum atomic E-state index is -0.638. The molecule has 3 rings (SSSR count). The molecular weight excluding hydrogens is 316 g/mol. The fraction of sp³-hybridized carbons (Fsp3) is 0.350. The van der Waals surface area contributed by atoms with E-state index < -0.39 is 6.10 Å². The highest BCUT2D eigenvalue weighted by molar-refractivity contribution is 5.78. The van der Waals surface area contributed by atoms with E-state index in [1.165, 1.54) is 0 Å². The third kappa shape index (κ3) is 5.13. The molecule has 25 heavy (non-hydrogen) atoms. The van der Waals surface area contributed by atoms with Gasteiger partial charge in [-0.05, 0) is 11.1 Å². The monoisotopic (exact) mass is 340 g/mol. The summed E-state index contributed by atoms with van der Waals surface area (Å²) in [4.78, 5) is 13.4. The molecule has 132 valence electrons. The van der Waals surface area contributed by atoms with Gasteiger partial charge in [0.15, 0.2) is 0 Å². The molecule has 1 amide bonds. The summed E-state index contributed by atoms with van der Waals surface area (Å²) in [6.07, 6.45) is -0.859. The predicted molar refractivity (Wildman–Crippen MR) is 96.1 cm³/mol. The van der Waals surface area contributed by atoms with Crippen LogP contribution in [0.5, 0.6) is 0 Å². The summed E-state index contributed by atoms with van der Waals surface area (Å²) in [6, 6.07) is 20.0. The first-order chi connectivity index (χ1) is 12.2. The summed E-state index contributed by atoms with van der Waals surface area (Å²) in [5.74, 6) is 0.00539. The molecule has 2 aromatic carbocycles. The number of rotatable bonds is 7. The van der Waals surface area contributed by atoms with Gasteiger partial charge in [0, 0.05) is 19.6 Å². The van der Waals surface area contributed by atoms with Crippen molar-refractivity contribution >= 4 is 5.91 Å². The highest BCUT2D eigenvalue weighted by Crippen LogP contribution is 2.25. The van der Waals surface area contributed by atoms with E-state index >= 15 is 0 Å². The van der Waals surface area contributed by atoms with Crippen molar-refractivity contribution in [3.05, 3.63) is 71.8 Å². The van der Waals surface area contributed by atoms with Crippen molar-refractivity contribution in [3.63, 3.8) is 0 Å². The van der Waals surface area contributed by atoms with E-state index in [4.69, 9.17) is 4.74 Å². The van der Waals surface area contributed by atoms with E-state index in [1.54, 1.807) is 0 Å². The highest BCUT2D eigenvalue weighted by atomic mass is 16.5. The smallest absolute Gasteiger partial charge is 0.234 e. The summed E-state index contributed by atoms with van der Waals surface area (Å²) in [5, 5.41) is 13.1. The molecule has 1 fully saturated rings. The van der Waals surface area contributed by atoms with Crippen LogP contribution in [-0.4, -0.2) is 54.8 Å². The molecule has 0 bridgehead atoms. The number of aliphatic hydroxyl groups excluding tert-OH is 1. The number of hydrogen-bond acceptors (Lipinski definition) is 4. The average Bonchev–Trinajstić information content (AvgIpc) is 2.64. The lowest BCUT2D eigenvalue weighted by atomic mass is 10.0. The fourth-order valence-corrected chi connectivity index (χ4v) is 3.05. The molecule has 0 aliphatic carbocycles. The van der Waals surface area contributed by atoms with Gasteiger partial charge in [0.05, 0.1) is 19.3 Å². The number of nitrogens with one attached hydrogen (secondary N) is 1. The predicted octanol–water partition coefficient (Wildman–Crippen LogP) is 1.59. The second kappa shape index (κ2) is 8.76. The molecule has 1 heterocycles. The molecule has 5 heteroatoms. The Hall–Kier alpha value is -2.21. The highest BCUT2D eigenvalue weighted by Gasteiger charge is 2.21. The van der Waals surface area contributed by atoms with E-state index in [1.807, 2.05) is 65.6 Å². The van der Waals surface area contributed by atoms with Crippen LogP contribution in [0.2, 0.25) is 0 Å². The summed E-state index contributed by atoms with van der Waals surface area (Å²) in [5.41, 5.74) is 2.11. The van der Waals surface area contributed by atoms with Crippen molar-refractivity contribution in [2.24, 2.45) is 0 Å². The molecule has 5 nitrogen and oxygen atoms in total. The van der Waals surface area contributed by atoms with Crippen LogP contribution in [0.15, 0.2) is 60.7 Å². The minimum absolute atomic E-state index is 0.00539. The Morgan fingerprint density at radius 1 is 1.04 bits per heavy atom. The Labute approximate surface area is 148 Å². The standard InChI is InChI=1S/C20H24N2O3/c23-18(13-22-12-11-21-19(24)14-22)15-25-20(16-7-3-1-4-8-16)17-9-5-2-6-10-17/h1-10,18,20,23H,11-15H2,(H,21,24). The van der Waals surface area contributed by atoms with E-state index in [9.17, 15) is 9.90 Å². The quantitative estimate of drug-likeness (QED) is 0.803. The van der Waals surface area contributed by atoms with Gasteiger partial charge >= 0.3 is 0 Å². The van der Waals surface area contributed by atoms with Crippen molar-refractivity contribution in [3.8, 4) is 0 Å². The maximum absolute atomic E-state index is 11.4. The van der Waals surface area contributed by atoms with Gasteiger partial charge in [0.25, 0.3) is 0 Å². The molecule has 0 saturated carbocycles. The summed E-state index contributed by atoms with van der Waals surface area (Å²) in [6.45, 7) is 2.36. The molecule has 0 aromatic heterocycles. The van der Waals surface area contributed by atoms with Gasteiger partial charge < -0.3 is 15.2 Å². The molecule has 0 spiro atoms. The molecule has 0 radical (unpaired) electrons. The lowest BCUT2D eigenvalue weighted by Gasteiger charge is -2.29. The summed E-state index contributed by atoms with van der Waals surface area (Å²) < 4.78 is 6.07. The van der Waals surface area contributed by atoms with Gasteiger partial charge in [-0.15, -0.1) is 0 Å². The van der Waals surface area contributed by atoms with E-state index in [2.05, 4.69) is 5.32 Å². The molecule has 1 unspecified atom stereocenters. The Kier molecular flexibility index (Phi) is 6.17. The maximum atomic E-state index is 11.4. The Bertz CT molecular complexity index is 624. The molecule has 1 atom stereocenters. The summed E-state index contributed by atoms with van der Waals surface area (Å²) in [7, 11) is 0. The van der Waals surface area contributed by atoms with Crippen LogP contribution in [0.25, 0.3) is 0 Å². The van der Waals surface area contributed by atoms with Gasteiger partial charge in [-0.1, -0.05) is 60.7 Å². The van der Waals surface area contributed by atoms with E-state index in [0.717, 1.165) is 17.7 Å². The Balaban J connectivity index is 1.62. The second-order valence-electron chi connectivity index (χ2n) is 6.27. The van der Waals surface area contributed by atoms with Crippen LogP contribution in [0, 0.1) is 0 Å². The van der Waals surface area contributed by atoms with Gasteiger partial charge in [0.2, 0.25) is 5.91 Å². The molecule has 1 aliphatic rings. The number of carbonyl (C=O) groups excluding carboxylic acids is 1. The first-order valence-corrected chi connectivity index (χ1v) is 8.61. The molecule has 1 saturated heterocycles. The van der Waals surface area contributed by atoms with Crippen molar-refractivity contribution in [2.45, 2.75) is 12.2 Å². The topological polar surface area (TPSA) is 61.8 Å². The van der Waals surface area contributed by atoms with Crippen LogP contribution < -0.4 is 5.32 Å². The van der Waals surface area contributed by atoms with Crippen molar-refractivity contribution in [1.82, 2.24) is 10.2 Å². The molecule has 2 aromatic rings. The van der Waals surface area contributed by atoms with Crippen LogP contribution in [0.3, 0.4) is 0 Å². The minimum Gasteiger partial charge on any atom is -0.389 e. The van der Waals surface area contributed by atoms with Crippen molar-refractivity contribution in [1.29, 1.82) is 0 Å². The van der Waals surface area contributed by atoms with Gasteiger partial charge in [0.1, 0.15) is 6.10 Å². The lowest BCUT2D eigenvalue weighted by molar-refractivity contribution is -0.124. The number of carbonyl (C=O) groups is 1. The van der Waals surface area contributed by atoms with Crippen LogP contribution >= 0.6 is 0 Å². The SMILES string of the molecule is O=C1CN(CC(O)COC(c2ccccc2)c2ccccc2)CCN1. The van der Waals surface area contributed by atoms with E-state index in [-0.39, 0.29) is 18.6 Å². The number of nitrogens with zero attached hydrogens (tertiary/aromatic N) is 1. The first-order valence-electron chi connectivity index (χ1n) is 8.61. The van der Waals surface area contributed by atoms with Crippen molar-refractivity contribution in [2.75, 3.05) is 32.8 Å². The maximum Gasteiger partial charge on any atom is 0.234 e. The van der Waals surface area contributed by atoms with Gasteiger partial charge in [-0.2, -0.15) is 0 Å². The Morgan fingerprint density at radius 3 is 2.20 bits per heavy atom. The first kappa shape index (κ1) is 17.6. The fourth-order valence-electron chi connectivity index (χ4n) is 3.05. The number of piperazine rings is 1. The molecule has 1 aliphatic heterocycles. The zero-order valence-corrected chi connectivity index (χ0v) is 14.2. The molecule has 2 N–H and O–H groups in total. The van der Waals surface area contributed by atoms with Gasteiger partial charge in [-0.25, -0.2) is 0 Å².